The summed E-state index contributed by atoms with van der Waals surface area (Å²) in [5, 5.41) is 5.16. The van der Waals surface area contributed by atoms with E-state index in [4.69, 9.17) is 11.6 Å². The van der Waals surface area contributed by atoms with E-state index in [1.807, 2.05) is 55.5 Å². The van der Waals surface area contributed by atoms with E-state index < -0.39 is 5.82 Å². The molecule has 0 saturated carbocycles. The van der Waals surface area contributed by atoms with Crippen molar-refractivity contribution in [2.75, 3.05) is 5.32 Å². The van der Waals surface area contributed by atoms with Gasteiger partial charge in [0.2, 0.25) is 0 Å². The van der Waals surface area contributed by atoms with E-state index in [9.17, 15) is 9.18 Å². The Morgan fingerprint density at radius 2 is 1.75 bits per heavy atom. The lowest BCUT2D eigenvalue weighted by molar-refractivity contribution is 0.639. The number of anilines is 1. The first-order chi connectivity index (χ1) is 15.5. The molecule has 158 valence electrons. The predicted octanol–water partition coefficient (Wildman–Crippen LogP) is 5.90. The largest absolute Gasteiger partial charge is 0.361 e. The van der Waals surface area contributed by atoms with Crippen molar-refractivity contribution in [2.24, 2.45) is 0 Å². The Kier molecular flexibility index (Phi) is 5.07. The summed E-state index contributed by atoms with van der Waals surface area (Å²) >= 11 is 6.38. The number of pyridine rings is 1. The fourth-order valence-electron chi connectivity index (χ4n) is 3.96. The lowest BCUT2D eigenvalue weighted by Crippen LogP contribution is -2.26. The highest BCUT2D eigenvalue weighted by Crippen LogP contribution is 2.29. The van der Waals surface area contributed by atoms with Crippen LogP contribution in [0.4, 0.5) is 10.2 Å². The van der Waals surface area contributed by atoms with Crippen LogP contribution in [0.3, 0.4) is 0 Å². The Morgan fingerprint density at radius 1 is 0.969 bits per heavy atom. The van der Waals surface area contributed by atoms with Crippen LogP contribution in [-0.4, -0.2) is 14.5 Å². The Bertz CT molecular complexity index is 1510. The maximum atomic E-state index is 14.6. The average molecular weight is 445 g/mol. The number of hydrogen-bond donors (Lipinski definition) is 1. The molecule has 32 heavy (non-hydrogen) atoms. The van der Waals surface area contributed by atoms with E-state index in [2.05, 4.69) is 15.3 Å². The molecule has 0 amide bonds. The van der Waals surface area contributed by atoms with Gasteiger partial charge in [0.1, 0.15) is 18.0 Å². The molecule has 0 aliphatic heterocycles. The van der Waals surface area contributed by atoms with Gasteiger partial charge in [-0.1, -0.05) is 48.0 Å². The maximum absolute atomic E-state index is 14.6. The summed E-state index contributed by atoms with van der Waals surface area (Å²) in [5.41, 5.74) is 1.68. The molecule has 2 aromatic heterocycles. The Hall–Kier alpha value is -3.77. The summed E-state index contributed by atoms with van der Waals surface area (Å²) in [4.78, 5) is 22.0. The van der Waals surface area contributed by atoms with Gasteiger partial charge in [0.15, 0.2) is 0 Å². The minimum absolute atomic E-state index is 0.221. The zero-order chi connectivity index (χ0) is 22.2. The van der Waals surface area contributed by atoms with Crippen molar-refractivity contribution in [1.29, 1.82) is 0 Å². The second-order valence-corrected chi connectivity index (χ2v) is 7.88. The SMILES string of the molecule is C[C@H](Nc1ncnc2cccc(F)c12)c1cc2cccc(Cl)c2c(=O)n1-c1ccccc1. The van der Waals surface area contributed by atoms with E-state index >= 15 is 0 Å². The monoisotopic (exact) mass is 444 g/mol. The standard InChI is InChI=1S/C25H18ClFN4O/c1-15(30-24-23-19(27)11-6-12-20(23)28-14-29-24)21-13-16-7-5-10-18(26)22(16)25(32)31(21)17-8-3-2-4-9-17/h2-15H,1H3,(H,28,29,30)/t15-/m0/s1. The van der Waals surface area contributed by atoms with Crippen molar-refractivity contribution in [1.82, 2.24) is 14.5 Å². The van der Waals surface area contributed by atoms with E-state index in [1.165, 1.54) is 12.4 Å². The summed E-state index contributed by atoms with van der Waals surface area (Å²) in [7, 11) is 0. The Morgan fingerprint density at radius 3 is 2.56 bits per heavy atom. The average Bonchev–Trinajstić information content (AvgIpc) is 2.79. The fourth-order valence-corrected chi connectivity index (χ4v) is 4.22. The fraction of sp³-hybridized carbons (Fsp3) is 0.0800. The van der Waals surface area contributed by atoms with Crippen LogP contribution in [0.1, 0.15) is 18.7 Å². The van der Waals surface area contributed by atoms with Gasteiger partial charge in [-0.05, 0) is 48.7 Å². The molecular formula is C25H18ClFN4O. The third-order valence-electron chi connectivity index (χ3n) is 5.45. The third kappa shape index (κ3) is 3.39. The normalized spacial score (nSPS) is 12.2. The summed E-state index contributed by atoms with van der Waals surface area (Å²) in [6, 6.07) is 21.0. The number of nitrogens with one attached hydrogen (secondary N) is 1. The molecule has 0 radical (unpaired) electrons. The van der Waals surface area contributed by atoms with Gasteiger partial charge in [-0.15, -0.1) is 0 Å². The summed E-state index contributed by atoms with van der Waals surface area (Å²) in [5.74, 6) is -0.0533. The molecule has 3 aromatic carbocycles. The highest BCUT2D eigenvalue weighted by molar-refractivity contribution is 6.35. The van der Waals surface area contributed by atoms with Crippen LogP contribution in [0.5, 0.6) is 0 Å². The lowest BCUT2D eigenvalue weighted by atomic mass is 10.1. The Labute approximate surface area is 188 Å². The molecule has 0 fully saturated rings. The third-order valence-corrected chi connectivity index (χ3v) is 5.76. The smallest absolute Gasteiger partial charge is 0.264 e. The van der Waals surface area contributed by atoms with Gasteiger partial charge < -0.3 is 5.32 Å². The van der Waals surface area contributed by atoms with Crippen molar-refractivity contribution in [3.05, 3.63) is 106 Å². The topological polar surface area (TPSA) is 59.8 Å². The van der Waals surface area contributed by atoms with Crippen LogP contribution >= 0.6 is 11.6 Å². The second-order valence-electron chi connectivity index (χ2n) is 7.47. The van der Waals surface area contributed by atoms with Crippen molar-refractivity contribution in [2.45, 2.75) is 13.0 Å². The van der Waals surface area contributed by atoms with E-state index in [1.54, 1.807) is 22.8 Å². The second kappa shape index (κ2) is 8.05. The zero-order valence-corrected chi connectivity index (χ0v) is 17.8. The van der Waals surface area contributed by atoms with Gasteiger partial charge in [0, 0.05) is 11.4 Å². The van der Waals surface area contributed by atoms with Crippen LogP contribution in [-0.2, 0) is 0 Å². The van der Waals surface area contributed by atoms with Crippen molar-refractivity contribution in [3.8, 4) is 5.69 Å². The van der Waals surface area contributed by atoms with Crippen molar-refractivity contribution < 1.29 is 4.39 Å². The molecule has 0 aliphatic carbocycles. The van der Waals surface area contributed by atoms with E-state index in [0.717, 1.165) is 5.39 Å². The number of fused-ring (bicyclic) bond motifs is 2. The van der Waals surface area contributed by atoms with Crippen LogP contribution in [0.2, 0.25) is 5.02 Å². The number of benzene rings is 3. The number of para-hydroxylation sites is 1. The molecule has 7 heteroatoms. The molecule has 5 rings (SSSR count). The van der Waals surface area contributed by atoms with Crippen molar-refractivity contribution >= 4 is 39.1 Å². The number of halogens is 2. The quantitative estimate of drug-likeness (QED) is 0.375. The maximum Gasteiger partial charge on any atom is 0.264 e. The Balaban J connectivity index is 1.71. The number of hydrogen-bond acceptors (Lipinski definition) is 4. The molecule has 0 spiro atoms. The zero-order valence-electron chi connectivity index (χ0n) is 17.1. The molecular weight excluding hydrogens is 427 g/mol. The van der Waals surface area contributed by atoms with E-state index in [-0.39, 0.29) is 11.6 Å². The molecule has 0 saturated heterocycles. The van der Waals surface area contributed by atoms with Gasteiger partial charge in [0.25, 0.3) is 5.56 Å². The molecule has 2 heterocycles. The molecule has 0 unspecified atom stereocenters. The molecule has 0 bridgehead atoms. The van der Waals surface area contributed by atoms with Crippen LogP contribution in [0.15, 0.2) is 83.9 Å². The lowest BCUT2D eigenvalue weighted by Gasteiger charge is -2.22. The van der Waals surface area contributed by atoms with Crippen LogP contribution in [0, 0.1) is 5.82 Å². The predicted molar refractivity (Wildman–Crippen MR) is 126 cm³/mol. The highest BCUT2D eigenvalue weighted by Gasteiger charge is 2.19. The number of rotatable bonds is 4. The first kappa shape index (κ1) is 20.2. The van der Waals surface area contributed by atoms with Gasteiger partial charge in [-0.2, -0.15) is 0 Å². The van der Waals surface area contributed by atoms with Gasteiger partial charge in [-0.3, -0.25) is 9.36 Å². The van der Waals surface area contributed by atoms with E-state index in [0.29, 0.717) is 38.5 Å². The highest BCUT2D eigenvalue weighted by atomic mass is 35.5. The van der Waals surface area contributed by atoms with Crippen LogP contribution < -0.4 is 10.9 Å². The molecule has 1 atom stereocenters. The van der Waals surface area contributed by atoms with Crippen molar-refractivity contribution in [3.63, 3.8) is 0 Å². The summed E-state index contributed by atoms with van der Waals surface area (Å²) in [6.07, 6.45) is 1.39. The summed E-state index contributed by atoms with van der Waals surface area (Å²) in [6.45, 7) is 1.90. The molecule has 5 nitrogen and oxygen atoms in total. The number of aromatic nitrogens is 3. The van der Waals surface area contributed by atoms with Gasteiger partial charge in [0.05, 0.1) is 27.4 Å². The molecule has 1 N–H and O–H groups in total. The summed E-state index contributed by atoms with van der Waals surface area (Å²) < 4.78 is 16.2. The minimum atomic E-state index is -0.413. The van der Waals surface area contributed by atoms with Gasteiger partial charge >= 0.3 is 0 Å². The molecule has 5 aromatic rings. The minimum Gasteiger partial charge on any atom is -0.361 e. The van der Waals surface area contributed by atoms with Crippen LogP contribution in [0.25, 0.3) is 27.4 Å². The first-order valence-electron chi connectivity index (χ1n) is 10.1. The first-order valence-corrected chi connectivity index (χ1v) is 10.5. The number of nitrogens with zero attached hydrogens (tertiary/aromatic N) is 3. The molecule has 0 aliphatic rings. The van der Waals surface area contributed by atoms with Gasteiger partial charge in [-0.25, -0.2) is 14.4 Å².